The van der Waals surface area contributed by atoms with Crippen molar-refractivity contribution in [2.45, 2.75) is 57.8 Å². The van der Waals surface area contributed by atoms with Crippen molar-refractivity contribution < 1.29 is 9.59 Å². The number of aromatic nitrogens is 2. The van der Waals surface area contributed by atoms with E-state index in [9.17, 15) is 9.59 Å². The SMILES string of the molecule is CC(=O)N1CCN(c2cc(CCNC(=O)C3CCCC3)nc(C3CC3)n2)CC1. The molecule has 2 aliphatic carbocycles. The summed E-state index contributed by atoms with van der Waals surface area (Å²) < 4.78 is 0. The van der Waals surface area contributed by atoms with Gasteiger partial charge in [0.2, 0.25) is 11.8 Å². The molecule has 2 amide bonds. The second kappa shape index (κ2) is 8.45. The van der Waals surface area contributed by atoms with E-state index in [0.29, 0.717) is 12.5 Å². The van der Waals surface area contributed by atoms with E-state index < -0.39 is 0 Å². The Morgan fingerprint density at radius 2 is 1.79 bits per heavy atom. The number of hydrogen-bond acceptors (Lipinski definition) is 5. The lowest BCUT2D eigenvalue weighted by Gasteiger charge is -2.35. The number of nitrogens with zero attached hydrogens (tertiary/aromatic N) is 4. The summed E-state index contributed by atoms with van der Waals surface area (Å²) in [6.07, 6.45) is 7.48. The molecular formula is C21H31N5O2. The molecule has 0 radical (unpaired) electrons. The lowest BCUT2D eigenvalue weighted by atomic mass is 10.1. The van der Waals surface area contributed by atoms with Crippen LogP contribution in [0.1, 0.15) is 62.9 Å². The van der Waals surface area contributed by atoms with Crippen molar-refractivity contribution in [2.24, 2.45) is 5.92 Å². The second-order valence-electron chi connectivity index (χ2n) is 8.37. The average molecular weight is 386 g/mol. The van der Waals surface area contributed by atoms with Crippen molar-refractivity contribution in [2.75, 3.05) is 37.6 Å². The van der Waals surface area contributed by atoms with Gasteiger partial charge in [0, 0.05) is 69.7 Å². The van der Waals surface area contributed by atoms with E-state index in [-0.39, 0.29) is 17.7 Å². The zero-order valence-electron chi connectivity index (χ0n) is 16.8. The number of anilines is 1. The first-order valence-electron chi connectivity index (χ1n) is 10.8. The molecule has 4 rings (SSSR count). The van der Waals surface area contributed by atoms with E-state index in [1.807, 2.05) is 4.90 Å². The highest BCUT2D eigenvalue weighted by atomic mass is 16.2. The number of amides is 2. The van der Waals surface area contributed by atoms with Gasteiger partial charge in [-0.15, -0.1) is 0 Å². The molecule has 7 heteroatoms. The Hall–Kier alpha value is -2.18. The highest BCUT2D eigenvalue weighted by Gasteiger charge is 2.29. The molecule has 3 fully saturated rings. The van der Waals surface area contributed by atoms with Gasteiger partial charge < -0.3 is 15.1 Å². The minimum atomic E-state index is 0.139. The van der Waals surface area contributed by atoms with Gasteiger partial charge in [-0.25, -0.2) is 9.97 Å². The van der Waals surface area contributed by atoms with E-state index in [1.54, 1.807) is 6.92 Å². The molecule has 0 spiro atoms. The Bertz CT molecular complexity index is 720. The summed E-state index contributed by atoms with van der Waals surface area (Å²) in [5.74, 6) is 2.96. The molecule has 1 aliphatic heterocycles. The maximum atomic E-state index is 12.2. The maximum Gasteiger partial charge on any atom is 0.223 e. The highest BCUT2D eigenvalue weighted by Crippen LogP contribution is 2.38. The van der Waals surface area contributed by atoms with Crippen LogP contribution in [0.5, 0.6) is 0 Å². The van der Waals surface area contributed by atoms with Crippen LogP contribution < -0.4 is 10.2 Å². The largest absolute Gasteiger partial charge is 0.355 e. The molecular weight excluding hydrogens is 354 g/mol. The van der Waals surface area contributed by atoms with Crippen molar-refractivity contribution >= 4 is 17.6 Å². The highest BCUT2D eigenvalue weighted by molar-refractivity contribution is 5.78. The summed E-state index contributed by atoms with van der Waals surface area (Å²) in [7, 11) is 0. The quantitative estimate of drug-likeness (QED) is 0.809. The van der Waals surface area contributed by atoms with Gasteiger partial charge in [0.15, 0.2) is 0 Å². The van der Waals surface area contributed by atoms with Gasteiger partial charge in [-0.3, -0.25) is 9.59 Å². The van der Waals surface area contributed by atoms with E-state index in [0.717, 1.165) is 62.8 Å². The standard InChI is InChI=1S/C21H31N5O2/c1-15(27)25-10-12-26(13-11-25)19-14-18(23-20(24-19)16-6-7-16)8-9-22-21(28)17-4-2-3-5-17/h14,16-17H,2-13H2,1H3,(H,22,28). The Labute approximate surface area is 166 Å². The van der Waals surface area contributed by atoms with Gasteiger partial charge in [-0.1, -0.05) is 12.8 Å². The number of piperazine rings is 1. The molecule has 28 heavy (non-hydrogen) atoms. The van der Waals surface area contributed by atoms with Crippen LogP contribution in [-0.4, -0.2) is 59.4 Å². The normalized spacial score (nSPS) is 20.5. The fourth-order valence-corrected chi connectivity index (χ4v) is 4.21. The molecule has 1 N–H and O–H groups in total. The monoisotopic (exact) mass is 385 g/mol. The lowest BCUT2D eigenvalue weighted by Crippen LogP contribution is -2.48. The third kappa shape index (κ3) is 4.62. The zero-order valence-corrected chi connectivity index (χ0v) is 16.8. The van der Waals surface area contributed by atoms with E-state index in [4.69, 9.17) is 9.97 Å². The van der Waals surface area contributed by atoms with Crippen molar-refractivity contribution in [1.29, 1.82) is 0 Å². The summed E-state index contributed by atoms with van der Waals surface area (Å²) >= 11 is 0. The van der Waals surface area contributed by atoms with Crippen LogP contribution in [0, 0.1) is 5.92 Å². The smallest absolute Gasteiger partial charge is 0.223 e. The molecule has 0 aromatic carbocycles. The third-order valence-corrected chi connectivity index (χ3v) is 6.18. The second-order valence-corrected chi connectivity index (χ2v) is 8.37. The average Bonchev–Trinajstić information content (AvgIpc) is 3.41. The van der Waals surface area contributed by atoms with Gasteiger partial charge >= 0.3 is 0 Å². The molecule has 0 atom stereocenters. The van der Waals surface area contributed by atoms with Gasteiger partial charge in [0.1, 0.15) is 11.6 Å². The Balaban J connectivity index is 1.38. The Morgan fingerprint density at radius 1 is 1.07 bits per heavy atom. The molecule has 1 saturated heterocycles. The number of rotatable bonds is 6. The Morgan fingerprint density at radius 3 is 2.43 bits per heavy atom. The van der Waals surface area contributed by atoms with Crippen molar-refractivity contribution in [3.05, 3.63) is 17.6 Å². The van der Waals surface area contributed by atoms with Crippen LogP contribution in [0.4, 0.5) is 5.82 Å². The van der Waals surface area contributed by atoms with Crippen LogP contribution >= 0.6 is 0 Å². The molecule has 3 aliphatic rings. The predicted octanol–water partition coefficient (Wildman–Crippen LogP) is 1.87. The topological polar surface area (TPSA) is 78.4 Å². The summed E-state index contributed by atoms with van der Waals surface area (Å²) in [6.45, 7) is 5.35. The predicted molar refractivity (Wildman–Crippen MR) is 107 cm³/mol. The van der Waals surface area contributed by atoms with Crippen LogP contribution in [0.3, 0.4) is 0 Å². The van der Waals surface area contributed by atoms with Crippen LogP contribution in [0.25, 0.3) is 0 Å². The number of hydrogen-bond donors (Lipinski definition) is 1. The molecule has 2 heterocycles. The zero-order chi connectivity index (χ0) is 19.5. The summed E-state index contributed by atoms with van der Waals surface area (Å²) in [5.41, 5.74) is 1.01. The van der Waals surface area contributed by atoms with Gasteiger partial charge in [0.05, 0.1) is 0 Å². The summed E-state index contributed by atoms with van der Waals surface area (Å²) in [4.78, 5) is 37.5. The molecule has 7 nitrogen and oxygen atoms in total. The Kier molecular flexibility index (Phi) is 5.78. The van der Waals surface area contributed by atoms with Crippen molar-refractivity contribution in [3.63, 3.8) is 0 Å². The first-order chi connectivity index (χ1) is 13.6. The maximum absolute atomic E-state index is 12.2. The molecule has 0 bridgehead atoms. The molecule has 2 saturated carbocycles. The fraction of sp³-hybridized carbons (Fsp3) is 0.714. The third-order valence-electron chi connectivity index (χ3n) is 6.18. The van der Waals surface area contributed by atoms with Gasteiger partial charge in [-0.2, -0.15) is 0 Å². The number of nitrogens with one attached hydrogen (secondary N) is 1. The minimum Gasteiger partial charge on any atom is -0.355 e. The van der Waals surface area contributed by atoms with Crippen LogP contribution in [0.2, 0.25) is 0 Å². The van der Waals surface area contributed by atoms with Crippen molar-refractivity contribution in [1.82, 2.24) is 20.2 Å². The first-order valence-corrected chi connectivity index (χ1v) is 10.8. The molecule has 1 aromatic heterocycles. The lowest BCUT2D eigenvalue weighted by molar-refractivity contribution is -0.129. The molecule has 1 aromatic rings. The van der Waals surface area contributed by atoms with Crippen LogP contribution in [0.15, 0.2) is 6.07 Å². The van der Waals surface area contributed by atoms with Gasteiger partial charge in [0.25, 0.3) is 0 Å². The number of carbonyl (C=O) groups is 2. The van der Waals surface area contributed by atoms with E-state index in [1.165, 1.54) is 25.7 Å². The first kappa shape index (κ1) is 19.2. The summed E-state index contributed by atoms with van der Waals surface area (Å²) in [6, 6.07) is 2.07. The fourth-order valence-electron chi connectivity index (χ4n) is 4.21. The van der Waals surface area contributed by atoms with Gasteiger partial charge in [-0.05, 0) is 25.7 Å². The van der Waals surface area contributed by atoms with Crippen molar-refractivity contribution in [3.8, 4) is 0 Å². The van der Waals surface area contributed by atoms with E-state index >= 15 is 0 Å². The molecule has 152 valence electrons. The number of carbonyl (C=O) groups excluding carboxylic acids is 2. The van der Waals surface area contributed by atoms with E-state index in [2.05, 4.69) is 16.3 Å². The van der Waals surface area contributed by atoms with Crippen LogP contribution in [-0.2, 0) is 16.0 Å². The molecule has 0 unspecified atom stereocenters. The minimum absolute atomic E-state index is 0.139. The summed E-state index contributed by atoms with van der Waals surface area (Å²) in [5, 5.41) is 3.10.